The lowest BCUT2D eigenvalue weighted by atomic mass is 9.70. The van der Waals surface area contributed by atoms with Crippen LogP contribution in [0.3, 0.4) is 0 Å². The van der Waals surface area contributed by atoms with Crippen molar-refractivity contribution in [1.82, 2.24) is 10.2 Å². The van der Waals surface area contributed by atoms with Gasteiger partial charge in [-0.1, -0.05) is 73.5 Å². The monoisotopic (exact) mass is 699 g/mol. The molecule has 7 atom stereocenters. The van der Waals surface area contributed by atoms with E-state index < -0.39 is 47.7 Å². The number of esters is 1. The van der Waals surface area contributed by atoms with Gasteiger partial charge in [0.25, 0.3) is 5.91 Å². The Hall–Kier alpha value is -4.28. The lowest BCUT2D eigenvalue weighted by Crippen LogP contribution is -2.56. The number of nitrogens with one attached hydrogen (secondary N) is 1. The van der Waals surface area contributed by atoms with Gasteiger partial charge in [0.1, 0.15) is 17.7 Å². The number of unbranched alkanes of at least 4 members (excludes halogenated alkanes) is 3. The van der Waals surface area contributed by atoms with Crippen LogP contribution in [0.2, 0.25) is 0 Å². The van der Waals surface area contributed by atoms with Crippen LogP contribution in [-0.2, 0) is 28.7 Å². The van der Waals surface area contributed by atoms with Gasteiger partial charge in [0.15, 0.2) is 0 Å². The van der Waals surface area contributed by atoms with Gasteiger partial charge in [-0.15, -0.1) is 13.2 Å². The molecule has 3 aliphatic rings. The Kier molecular flexibility index (Phi) is 12.5. The summed E-state index contributed by atoms with van der Waals surface area (Å²) in [5.41, 5.74) is 2.14. The van der Waals surface area contributed by atoms with E-state index >= 15 is 0 Å². The number of para-hydroxylation sites is 1. The molecule has 2 aromatic carbocycles. The molecule has 2 bridgehead atoms. The normalized spacial score (nSPS) is 24.5. The van der Waals surface area contributed by atoms with Crippen molar-refractivity contribution in [2.75, 3.05) is 24.6 Å². The molecule has 3 saturated heterocycles. The van der Waals surface area contributed by atoms with Gasteiger partial charge in [0.05, 0.1) is 24.0 Å². The highest BCUT2D eigenvalue weighted by atomic mass is 16.6. The number of fused-ring (bicyclic) bond motifs is 1. The Bertz CT molecular complexity index is 1570. The van der Waals surface area contributed by atoms with E-state index in [1.165, 1.54) is 0 Å². The van der Waals surface area contributed by atoms with Crippen molar-refractivity contribution in [3.63, 3.8) is 0 Å². The lowest BCUT2D eigenvalue weighted by Gasteiger charge is -2.37. The minimum Gasteiger partial charge on any atom is -0.455 e. The van der Waals surface area contributed by atoms with E-state index in [2.05, 4.69) is 18.5 Å². The van der Waals surface area contributed by atoms with E-state index in [1.807, 2.05) is 62.4 Å². The summed E-state index contributed by atoms with van der Waals surface area (Å²) in [5.74, 6) is -3.10. The number of rotatable bonds is 18. The molecule has 3 fully saturated rings. The van der Waals surface area contributed by atoms with Crippen LogP contribution in [0.15, 0.2) is 73.8 Å². The zero-order chi connectivity index (χ0) is 36.7. The topological polar surface area (TPSA) is 125 Å². The van der Waals surface area contributed by atoms with Crippen molar-refractivity contribution >= 4 is 29.4 Å². The molecule has 3 amide bonds. The fourth-order valence-electron chi connectivity index (χ4n) is 8.43. The Morgan fingerprint density at radius 2 is 1.76 bits per heavy atom. The summed E-state index contributed by atoms with van der Waals surface area (Å²) in [5, 5.41) is 12.3. The first-order valence-corrected chi connectivity index (χ1v) is 18.3. The average molecular weight is 700 g/mol. The van der Waals surface area contributed by atoms with Gasteiger partial charge in [0, 0.05) is 31.8 Å². The fraction of sp³-hybridized carbons (Fsp3) is 0.512. The number of anilines is 1. The molecule has 0 aliphatic carbocycles. The van der Waals surface area contributed by atoms with E-state index in [9.17, 15) is 24.3 Å². The van der Waals surface area contributed by atoms with E-state index in [4.69, 9.17) is 9.47 Å². The number of hydrogen-bond donors (Lipinski definition) is 2. The molecule has 0 unspecified atom stereocenters. The van der Waals surface area contributed by atoms with Gasteiger partial charge in [-0.2, -0.15) is 0 Å². The average Bonchev–Trinajstić information content (AvgIpc) is 3.76. The molecule has 0 saturated carbocycles. The van der Waals surface area contributed by atoms with E-state index in [0.29, 0.717) is 44.2 Å². The zero-order valence-electron chi connectivity index (χ0n) is 30.2. The fourth-order valence-corrected chi connectivity index (χ4v) is 8.43. The predicted octanol–water partition coefficient (Wildman–Crippen LogP) is 5.51. The van der Waals surface area contributed by atoms with Crippen LogP contribution in [0.1, 0.15) is 81.1 Å². The smallest absolute Gasteiger partial charge is 0.313 e. The SMILES string of the molecule is C=CCCC(=O)N[C@@H](C)[C@H](OC(=O)[C@@H]1[C@@H]2CC[C@]3(O2)[C@H](C(=O)N(CC=C)c2c(C)cccc2C)N(CCCCCCO)C(=O)[C@@H]13)c1ccccc1. The standard InChI is InChI=1S/C41H53N3O7/c1-6-8-21-32(46)42-29(5)36(30-19-12-11-13-20-30)50-40(49)33-31-22-23-41(51-31)34(33)38(47)44(25-14-9-10-15-26-45)37(41)39(48)43(24-7-2)35-27(3)17-16-18-28(35)4/h6-7,11-13,16-20,29,31,33-34,36-37,45H,1-2,8-10,14-15,21-26H2,3-5H3,(H,42,46)/t29-,31-,33+,34+,36-,37-,41+/m0/s1. The molecule has 0 radical (unpaired) electrons. The van der Waals surface area contributed by atoms with Gasteiger partial charge >= 0.3 is 5.97 Å². The zero-order valence-corrected chi connectivity index (χ0v) is 30.2. The van der Waals surface area contributed by atoms with Crippen molar-refractivity contribution in [3.8, 4) is 0 Å². The summed E-state index contributed by atoms with van der Waals surface area (Å²) >= 11 is 0. The second-order valence-electron chi connectivity index (χ2n) is 14.2. The molecule has 2 aromatic rings. The molecule has 0 aromatic heterocycles. The van der Waals surface area contributed by atoms with Crippen molar-refractivity contribution in [3.05, 3.63) is 90.5 Å². The number of allylic oxidation sites excluding steroid dienone is 1. The van der Waals surface area contributed by atoms with Crippen molar-refractivity contribution in [2.45, 2.75) is 102 Å². The molecule has 51 heavy (non-hydrogen) atoms. The number of aliphatic hydroxyl groups is 1. The quantitative estimate of drug-likeness (QED) is 0.120. The Morgan fingerprint density at radius 1 is 1.06 bits per heavy atom. The number of nitrogens with zero attached hydrogens (tertiary/aromatic N) is 2. The van der Waals surface area contributed by atoms with Gasteiger partial charge in [-0.05, 0) is 69.6 Å². The molecule has 3 aliphatic heterocycles. The number of hydrogen-bond acceptors (Lipinski definition) is 7. The van der Waals surface area contributed by atoms with E-state index in [-0.39, 0.29) is 37.3 Å². The number of benzene rings is 2. The first-order chi connectivity index (χ1) is 24.6. The maximum atomic E-state index is 15.0. The Morgan fingerprint density at radius 3 is 2.43 bits per heavy atom. The van der Waals surface area contributed by atoms with Crippen LogP contribution in [0.5, 0.6) is 0 Å². The minimum absolute atomic E-state index is 0.0986. The second kappa shape index (κ2) is 16.8. The van der Waals surface area contributed by atoms with Crippen LogP contribution < -0.4 is 10.2 Å². The summed E-state index contributed by atoms with van der Waals surface area (Å²) in [7, 11) is 0. The van der Waals surface area contributed by atoms with Crippen LogP contribution in [0.25, 0.3) is 0 Å². The summed E-state index contributed by atoms with van der Waals surface area (Å²) in [6, 6.07) is 13.6. The van der Waals surface area contributed by atoms with Crippen molar-refractivity contribution in [2.24, 2.45) is 11.8 Å². The number of ether oxygens (including phenoxy) is 2. The molecule has 1 spiro atoms. The maximum absolute atomic E-state index is 15.0. The summed E-state index contributed by atoms with van der Waals surface area (Å²) in [4.78, 5) is 60.1. The minimum atomic E-state index is -1.20. The number of amides is 3. The number of carbonyl (C=O) groups excluding carboxylic acids is 4. The van der Waals surface area contributed by atoms with Gasteiger partial charge in [-0.25, -0.2) is 0 Å². The largest absolute Gasteiger partial charge is 0.455 e. The highest BCUT2D eigenvalue weighted by Gasteiger charge is 2.75. The highest BCUT2D eigenvalue weighted by molar-refractivity contribution is 6.05. The van der Waals surface area contributed by atoms with Gasteiger partial charge in [-0.3, -0.25) is 19.2 Å². The van der Waals surface area contributed by atoms with Gasteiger partial charge < -0.3 is 29.7 Å². The number of likely N-dealkylation sites (tertiary alicyclic amines) is 1. The van der Waals surface area contributed by atoms with Crippen LogP contribution in [0, 0.1) is 25.7 Å². The molecule has 2 N–H and O–H groups in total. The lowest BCUT2D eigenvalue weighted by molar-refractivity contribution is -0.162. The van der Waals surface area contributed by atoms with Crippen molar-refractivity contribution < 1.29 is 33.8 Å². The maximum Gasteiger partial charge on any atom is 0.313 e. The number of aliphatic hydroxyl groups excluding tert-OH is 1. The first-order valence-electron chi connectivity index (χ1n) is 18.3. The molecule has 3 heterocycles. The van der Waals surface area contributed by atoms with E-state index in [0.717, 1.165) is 29.7 Å². The second-order valence-corrected chi connectivity index (χ2v) is 14.2. The number of aryl methyl sites for hydroxylation is 2. The van der Waals surface area contributed by atoms with Gasteiger partial charge in [0.2, 0.25) is 11.8 Å². The molecule has 274 valence electrons. The predicted molar refractivity (Wildman–Crippen MR) is 196 cm³/mol. The summed E-state index contributed by atoms with van der Waals surface area (Å²) in [6.07, 6.45) is 6.59. The van der Waals surface area contributed by atoms with Crippen molar-refractivity contribution in [1.29, 1.82) is 0 Å². The molecular weight excluding hydrogens is 646 g/mol. The third-order valence-electron chi connectivity index (χ3n) is 10.7. The summed E-state index contributed by atoms with van der Waals surface area (Å²) < 4.78 is 13.0. The Balaban J connectivity index is 1.48. The molecule has 10 heteroatoms. The first kappa shape index (κ1) is 38.0. The van der Waals surface area contributed by atoms with E-state index in [1.54, 1.807) is 28.9 Å². The Labute approximate surface area is 301 Å². The van der Waals surface area contributed by atoms with Crippen LogP contribution in [0.4, 0.5) is 5.69 Å². The third-order valence-corrected chi connectivity index (χ3v) is 10.7. The van der Waals surface area contributed by atoms with Crippen LogP contribution in [-0.4, -0.2) is 77.2 Å². The number of carbonyl (C=O) groups is 4. The summed E-state index contributed by atoms with van der Waals surface area (Å²) in [6.45, 7) is 14.0. The molecule has 10 nitrogen and oxygen atoms in total. The molecule has 5 rings (SSSR count). The molecular formula is C41H53N3O7. The highest BCUT2D eigenvalue weighted by Crippen LogP contribution is 2.59. The third kappa shape index (κ3) is 7.67. The van der Waals surface area contributed by atoms with Crippen LogP contribution >= 0.6 is 0 Å².